The first kappa shape index (κ1) is 22.4. The minimum atomic E-state index is -3.58. The molecule has 1 N–H and O–H groups in total. The number of imidazole rings is 1. The molecule has 3 aromatic rings. The number of morpholine rings is 1. The molecule has 8 nitrogen and oxygen atoms in total. The third kappa shape index (κ3) is 4.85. The zero-order valence-corrected chi connectivity index (χ0v) is 19.0. The van der Waals surface area contributed by atoms with Crippen LogP contribution in [0.4, 0.5) is 0 Å². The largest absolute Gasteiger partial charge is 0.379 e. The highest BCUT2D eigenvalue weighted by Crippen LogP contribution is 2.24. The number of ether oxygens (including phenoxy) is 1. The van der Waals surface area contributed by atoms with E-state index in [0.717, 1.165) is 16.9 Å². The highest BCUT2D eigenvalue weighted by atomic mass is 32.2. The lowest BCUT2D eigenvalue weighted by atomic mass is 10.2. The van der Waals surface area contributed by atoms with Gasteiger partial charge >= 0.3 is 0 Å². The van der Waals surface area contributed by atoms with Crippen LogP contribution < -0.4 is 5.32 Å². The van der Waals surface area contributed by atoms with Gasteiger partial charge in [-0.3, -0.25) is 4.79 Å². The average Bonchev–Trinajstić information content (AvgIpc) is 3.19. The smallest absolute Gasteiger partial charge is 0.243 e. The Balaban J connectivity index is 1.48. The van der Waals surface area contributed by atoms with Gasteiger partial charge in [0.1, 0.15) is 5.82 Å². The first-order valence-electron chi connectivity index (χ1n) is 10.9. The van der Waals surface area contributed by atoms with E-state index >= 15 is 0 Å². The Hall–Kier alpha value is -2.75. The number of nitrogens with one attached hydrogen (secondary N) is 1. The van der Waals surface area contributed by atoms with Gasteiger partial charge < -0.3 is 14.6 Å². The summed E-state index contributed by atoms with van der Waals surface area (Å²) in [5.74, 6) is 0.734. The SMILES string of the molecule is CCn1c(CCC(=O)NCc2ccccc2)nc2cc(S(=O)(=O)N3CCOCC3)ccc21. The predicted molar refractivity (Wildman–Crippen MR) is 122 cm³/mol. The molecule has 0 aliphatic carbocycles. The summed E-state index contributed by atoms with van der Waals surface area (Å²) in [5.41, 5.74) is 2.55. The summed E-state index contributed by atoms with van der Waals surface area (Å²) < 4.78 is 34.7. The molecular weight excluding hydrogens is 428 g/mol. The van der Waals surface area contributed by atoms with Gasteiger partial charge in [-0.1, -0.05) is 30.3 Å². The summed E-state index contributed by atoms with van der Waals surface area (Å²) in [5, 5.41) is 2.93. The molecule has 1 aliphatic heterocycles. The lowest BCUT2D eigenvalue weighted by molar-refractivity contribution is -0.121. The van der Waals surface area contributed by atoms with E-state index < -0.39 is 10.0 Å². The Morgan fingerprint density at radius 2 is 1.88 bits per heavy atom. The first-order chi connectivity index (χ1) is 15.5. The molecule has 4 rings (SSSR count). The second-order valence-electron chi connectivity index (χ2n) is 7.70. The van der Waals surface area contributed by atoms with Gasteiger partial charge in [0, 0.05) is 39.0 Å². The molecular formula is C23H28N4O4S. The van der Waals surface area contributed by atoms with Crippen LogP contribution in [0.25, 0.3) is 11.0 Å². The fourth-order valence-electron chi connectivity index (χ4n) is 3.91. The van der Waals surface area contributed by atoms with Gasteiger partial charge in [0.05, 0.1) is 29.1 Å². The summed E-state index contributed by atoms with van der Waals surface area (Å²) in [7, 11) is -3.58. The number of hydrogen-bond donors (Lipinski definition) is 1. The van der Waals surface area contributed by atoms with E-state index in [1.54, 1.807) is 18.2 Å². The van der Waals surface area contributed by atoms with Gasteiger partial charge in [-0.15, -0.1) is 0 Å². The fourth-order valence-corrected chi connectivity index (χ4v) is 5.34. The van der Waals surface area contributed by atoms with Crippen LogP contribution in [0.3, 0.4) is 0 Å². The lowest BCUT2D eigenvalue weighted by Gasteiger charge is -2.26. The standard InChI is InChI=1S/C23H28N4O4S/c1-2-27-21-9-8-19(32(29,30)26-12-14-31-15-13-26)16-20(21)25-22(27)10-11-23(28)24-17-18-6-4-3-5-7-18/h3-9,16H,2,10-15,17H2,1H3,(H,24,28). The number of hydrogen-bond acceptors (Lipinski definition) is 5. The quantitative estimate of drug-likeness (QED) is 0.562. The fraction of sp³-hybridized carbons (Fsp3) is 0.391. The van der Waals surface area contributed by atoms with Gasteiger partial charge in [-0.05, 0) is 30.7 Å². The molecule has 1 aromatic heterocycles. The minimum Gasteiger partial charge on any atom is -0.379 e. The summed E-state index contributed by atoms with van der Waals surface area (Å²) in [6.07, 6.45) is 0.795. The molecule has 0 saturated carbocycles. The van der Waals surface area contributed by atoms with Crippen LogP contribution in [0.1, 0.15) is 24.7 Å². The van der Waals surface area contributed by atoms with Crippen molar-refractivity contribution in [2.24, 2.45) is 0 Å². The first-order valence-corrected chi connectivity index (χ1v) is 12.3. The van der Waals surface area contributed by atoms with Crippen LogP contribution in [0, 0.1) is 0 Å². The Kier molecular flexibility index (Phi) is 6.88. The number of rotatable bonds is 8. The minimum absolute atomic E-state index is 0.0425. The third-order valence-electron chi connectivity index (χ3n) is 5.63. The second-order valence-corrected chi connectivity index (χ2v) is 9.64. The summed E-state index contributed by atoms with van der Waals surface area (Å²) in [6.45, 7) is 4.71. The molecule has 0 spiro atoms. The Morgan fingerprint density at radius 1 is 1.12 bits per heavy atom. The van der Waals surface area contributed by atoms with Gasteiger partial charge in [0.2, 0.25) is 15.9 Å². The van der Waals surface area contributed by atoms with Crippen LogP contribution in [0.2, 0.25) is 0 Å². The molecule has 9 heteroatoms. The lowest BCUT2D eigenvalue weighted by Crippen LogP contribution is -2.40. The number of nitrogens with zero attached hydrogens (tertiary/aromatic N) is 3. The van der Waals surface area contributed by atoms with Crippen LogP contribution in [-0.2, 0) is 39.1 Å². The molecule has 0 atom stereocenters. The number of aromatic nitrogens is 2. The molecule has 170 valence electrons. The molecule has 1 amide bonds. The van der Waals surface area contributed by atoms with Crippen LogP contribution >= 0.6 is 0 Å². The van der Waals surface area contributed by atoms with Crippen molar-refractivity contribution >= 4 is 27.0 Å². The van der Waals surface area contributed by atoms with Crippen molar-refractivity contribution in [1.82, 2.24) is 19.2 Å². The number of amides is 1. The zero-order chi connectivity index (χ0) is 22.6. The molecule has 1 fully saturated rings. The normalized spacial score (nSPS) is 15.2. The van der Waals surface area contributed by atoms with Crippen molar-refractivity contribution in [2.45, 2.75) is 37.8 Å². The number of fused-ring (bicyclic) bond motifs is 1. The van der Waals surface area contributed by atoms with Crippen molar-refractivity contribution in [3.8, 4) is 0 Å². The third-order valence-corrected chi connectivity index (χ3v) is 7.53. The maximum atomic E-state index is 13.0. The molecule has 1 aliphatic rings. The molecule has 0 bridgehead atoms. The second kappa shape index (κ2) is 9.81. The maximum Gasteiger partial charge on any atom is 0.243 e. The monoisotopic (exact) mass is 456 g/mol. The summed E-state index contributed by atoms with van der Waals surface area (Å²) >= 11 is 0. The average molecular weight is 457 g/mol. The van der Waals surface area contributed by atoms with E-state index in [1.165, 1.54) is 4.31 Å². The van der Waals surface area contributed by atoms with E-state index in [2.05, 4.69) is 10.3 Å². The van der Waals surface area contributed by atoms with Gasteiger partial charge in [-0.2, -0.15) is 4.31 Å². The van der Waals surface area contributed by atoms with Crippen molar-refractivity contribution in [2.75, 3.05) is 26.3 Å². The van der Waals surface area contributed by atoms with E-state index in [1.807, 2.05) is 41.8 Å². The van der Waals surface area contributed by atoms with Crippen molar-refractivity contribution in [3.63, 3.8) is 0 Å². The van der Waals surface area contributed by atoms with Gasteiger partial charge in [0.15, 0.2) is 0 Å². The van der Waals surface area contributed by atoms with Gasteiger partial charge in [-0.25, -0.2) is 13.4 Å². The topological polar surface area (TPSA) is 93.5 Å². The van der Waals surface area contributed by atoms with E-state index in [4.69, 9.17) is 4.74 Å². The van der Waals surface area contributed by atoms with E-state index in [9.17, 15) is 13.2 Å². The van der Waals surface area contributed by atoms with E-state index in [-0.39, 0.29) is 10.8 Å². The Bertz CT molecular complexity index is 1190. The highest BCUT2D eigenvalue weighted by Gasteiger charge is 2.27. The van der Waals surface area contributed by atoms with Crippen LogP contribution in [0.5, 0.6) is 0 Å². The highest BCUT2D eigenvalue weighted by molar-refractivity contribution is 7.89. The summed E-state index contributed by atoms with van der Waals surface area (Å²) in [6, 6.07) is 14.8. The molecule has 32 heavy (non-hydrogen) atoms. The molecule has 2 aromatic carbocycles. The predicted octanol–water partition coefficient (Wildman–Crippen LogP) is 2.33. The number of aryl methyl sites for hydroxylation is 2. The van der Waals surface area contributed by atoms with E-state index in [0.29, 0.717) is 57.8 Å². The molecule has 0 unspecified atom stereocenters. The van der Waals surface area contributed by atoms with Crippen LogP contribution in [-0.4, -0.2) is 54.5 Å². The van der Waals surface area contributed by atoms with Crippen molar-refractivity contribution in [3.05, 3.63) is 59.9 Å². The number of carbonyl (C=O) groups excluding carboxylic acids is 1. The van der Waals surface area contributed by atoms with Gasteiger partial charge in [0.25, 0.3) is 0 Å². The Labute approximate surface area is 188 Å². The van der Waals surface area contributed by atoms with Crippen molar-refractivity contribution < 1.29 is 17.9 Å². The number of sulfonamides is 1. The molecule has 0 radical (unpaired) electrons. The Morgan fingerprint density at radius 3 is 2.59 bits per heavy atom. The van der Waals surface area contributed by atoms with Crippen LogP contribution in [0.15, 0.2) is 53.4 Å². The molecule has 2 heterocycles. The number of benzene rings is 2. The molecule has 1 saturated heterocycles. The summed E-state index contributed by atoms with van der Waals surface area (Å²) in [4.78, 5) is 17.2. The maximum absolute atomic E-state index is 13.0. The zero-order valence-electron chi connectivity index (χ0n) is 18.2. The van der Waals surface area contributed by atoms with Crippen molar-refractivity contribution in [1.29, 1.82) is 0 Å². The number of carbonyl (C=O) groups is 1.